The number of hydrogen-bond acceptors (Lipinski definition) is 5. The molecule has 0 saturated carbocycles. The molecule has 7 heteroatoms. The zero-order chi connectivity index (χ0) is 27.8. The van der Waals surface area contributed by atoms with Crippen molar-refractivity contribution in [3.8, 4) is 0 Å². The largest absolute Gasteiger partial charge is 1.00 e. The van der Waals surface area contributed by atoms with Crippen molar-refractivity contribution in [3.05, 3.63) is 65.8 Å². The van der Waals surface area contributed by atoms with Crippen LogP contribution in [0.5, 0.6) is 0 Å². The maximum atomic E-state index is 10.1. The molecule has 1 aliphatic rings. The van der Waals surface area contributed by atoms with Crippen LogP contribution >= 0.6 is 0 Å². The Balaban J connectivity index is 0. The van der Waals surface area contributed by atoms with Gasteiger partial charge in [0.15, 0.2) is 0 Å². The first-order chi connectivity index (χ1) is 17.7. The van der Waals surface area contributed by atoms with Crippen molar-refractivity contribution in [3.63, 3.8) is 0 Å². The molecule has 2 rings (SSSR count). The predicted molar refractivity (Wildman–Crippen MR) is 156 cm³/mol. The van der Waals surface area contributed by atoms with Gasteiger partial charge in [0.05, 0.1) is 13.2 Å². The summed E-state index contributed by atoms with van der Waals surface area (Å²) in [6, 6.07) is 9.89. The maximum Gasteiger partial charge on any atom is 1.00 e. The third-order valence-corrected chi connectivity index (χ3v) is 6.73. The molecule has 0 amide bonds. The second-order valence-electron chi connectivity index (χ2n) is 9.78. The average molecular weight is 559 g/mol. The van der Waals surface area contributed by atoms with Crippen molar-refractivity contribution in [1.29, 1.82) is 0 Å². The first-order valence-electron chi connectivity index (χ1n) is 13.9. The fourth-order valence-electron chi connectivity index (χ4n) is 3.92. The molecule has 212 valence electrons. The molecule has 0 heterocycles. The molecule has 0 aromatic heterocycles. The molecule has 0 radical (unpaired) electrons. The Morgan fingerprint density at radius 3 is 2.05 bits per heavy atom. The average Bonchev–Trinajstić information content (AvgIpc) is 2.87. The number of benzene rings is 1. The van der Waals surface area contributed by atoms with Crippen molar-refractivity contribution < 1.29 is 51.8 Å². The quantitative estimate of drug-likeness (QED) is 0.103. The number of allylic oxidation sites excluding steroid dienone is 3. The summed E-state index contributed by atoms with van der Waals surface area (Å²) in [5.41, 5.74) is 4.03. The molecule has 1 N–H and O–H groups in total. The molecule has 5 nitrogen and oxygen atoms in total. The van der Waals surface area contributed by atoms with Crippen LogP contribution in [0.15, 0.2) is 60.2 Å². The van der Waals surface area contributed by atoms with E-state index >= 15 is 0 Å². The summed E-state index contributed by atoms with van der Waals surface area (Å²) in [7, 11) is -4.48. The number of aliphatic hydroxyl groups is 1. The van der Waals surface area contributed by atoms with Crippen LogP contribution < -0.4 is 29.6 Å². The fraction of sp³-hybridized carbons (Fsp3) is 0.613. The summed E-state index contributed by atoms with van der Waals surface area (Å²) in [5.74, 6) is 0.767. The molecule has 38 heavy (non-hydrogen) atoms. The maximum absolute atomic E-state index is 10.1. The van der Waals surface area contributed by atoms with Crippen LogP contribution in [0, 0.1) is 5.92 Å². The van der Waals surface area contributed by atoms with Crippen molar-refractivity contribution >= 4 is 16.5 Å². The molecule has 1 aliphatic carbocycles. The number of aliphatic hydroxyl groups excluding tert-OH is 1. The molecule has 0 bridgehead atoms. The first kappa shape index (κ1) is 39.4. The van der Waals surface area contributed by atoms with Crippen LogP contribution in [0.4, 0.5) is 0 Å². The van der Waals surface area contributed by atoms with E-state index in [2.05, 4.69) is 37.6 Å². The van der Waals surface area contributed by atoms with Gasteiger partial charge in [-0.3, -0.25) is 4.18 Å². The van der Waals surface area contributed by atoms with Crippen LogP contribution in [0.25, 0.3) is 6.08 Å². The topological polar surface area (TPSA) is 86.7 Å². The molecule has 1 aromatic carbocycles. The number of hydrogen-bond donors (Lipinski definition) is 1. The Bertz CT molecular complexity index is 850. The van der Waals surface area contributed by atoms with E-state index in [1.165, 1.54) is 69.8 Å². The fourth-order valence-corrected chi connectivity index (χ4v) is 4.24. The summed E-state index contributed by atoms with van der Waals surface area (Å²) >= 11 is 0. The Labute approximate surface area is 256 Å². The van der Waals surface area contributed by atoms with Crippen molar-refractivity contribution in [1.82, 2.24) is 0 Å². The van der Waals surface area contributed by atoms with E-state index in [0.717, 1.165) is 24.3 Å². The van der Waals surface area contributed by atoms with Crippen LogP contribution in [-0.4, -0.2) is 31.3 Å². The smallest absolute Gasteiger partial charge is 0.726 e. The first-order valence-corrected chi connectivity index (χ1v) is 15.3. The summed E-state index contributed by atoms with van der Waals surface area (Å²) in [5, 5.41) is 8.44. The molecule has 1 atom stereocenters. The van der Waals surface area contributed by atoms with Gasteiger partial charge in [-0.1, -0.05) is 131 Å². The van der Waals surface area contributed by atoms with Crippen molar-refractivity contribution in [2.24, 2.45) is 5.92 Å². The minimum Gasteiger partial charge on any atom is -0.726 e. The molecular weight excluding hydrogens is 507 g/mol. The second kappa shape index (κ2) is 26.5. The minimum atomic E-state index is -4.48. The zero-order valence-corrected chi connectivity index (χ0v) is 27.3. The summed E-state index contributed by atoms with van der Waals surface area (Å²) in [6.07, 6.45) is 21.5. The Morgan fingerprint density at radius 2 is 1.61 bits per heavy atom. The SMILES string of the molecule is C=C(C)C1CC=C(C)CC1.CCCCCCCCCCCCOS(=O)(=O)[O-].OC/C=C/c1ccccc1.[Na+]. The van der Waals surface area contributed by atoms with Crippen molar-refractivity contribution in [2.75, 3.05) is 13.2 Å². The van der Waals surface area contributed by atoms with Gasteiger partial charge in [-0.25, -0.2) is 8.42 Å². The predicted octanol–water partition coefficient (Wildman–Crippen LogP) is 5.39. The van der Waals surface area contributed by atoms with Gasteiger partial charge in [-0.15, -0.1) is 0 Å². The Hall–Kier alpha value is -0.730. The summed E-state index contributed by atoms with van der Waals surface area (Å²) in [6.45, 7) is 10.7. The Morgan fingerprint density at radius 1 is 1.05 bits per heavy atom. The minimum absolute atomic E-state index is 0. The number of rotatable bonds is 15. The summed E-state index contributed by atoms with van der Waals surface area (Å²) < 4.78 is 34.5. The summed E-state index contributed by atoms with van der Waals surface area (Å²) in [4.78, 5) is 0. The monoisotopic (exact) mass is 558 g/mol. The van der Waals surface area contributed by atoms with E-state index in [0.29, 0.717) is 6.42 Å². The zero-order valence-electron chi connectivity index (χ0n) is 24.5. The van der Waals surface area contributed by atoms with Gasteiger partial charge in [0.2, 0.25) is 10.4 Å². The van der Waals surface area contributed by atoms with Gasteiger partial charge in [-0.2, -0.15) is 0 Å². The van der Waals surface area contributed by atoms with Gasteiger partial charge in [0, 0.05) is 0 Å². The second-order valence-corrected chi connectivity index (χ2v) is 10.8. The molecule has 0 spiro atoms. The molecule has 0 saturated heterocycles. The standard InChI is InChI=1S/C12H26O4S.C10H16.C9H10O.Na/c1-2-3-4-5-6-7-8-9-10-11-12-16-17(13,14)15;1-8(2)10-6-4-9(3)5-7-10;10-8-4-7-9-5-2-1-3-6-9;/h2-12H2,1H3,(H,13,14,15);4,10H,1,5-7H2,2-3H3;1-7,10H,8H2;/q;;;+1/p-1/b;;7-4+;. The van der Waals surface area contributed by atoms with Gasteiger partial charge < -0.3 is 9.66 Å². The van der Waals surface area contributed by atoms with Crippen LogP contribution in [0.1, 0.15) is 110 Å². The van der Waals surface area contributed by atoms with E-state index in [9.17, 15) is 13.0 Å². The Kier molecular flexibility index (Phi) is 27.5. The molecule has 1 aromatic rings. The molecule has 0 aliphatic heterocycles. The van der Waals surface area contributed by atoms with E-state index < -0.39 is 10.4 Å². The van der Waals surface area contributed by atoms with Crippen molar-refractivity contribution in [2.45, 2.75) is 104 Å². The third-order valence-electron chi connectivity index (χ3n) is 6.28. The van der Waals surface area contributed by atoms with E-state index in [1.807, 2.05) is 36.4 Å². The van der Waals surface area contributed by atoms with E-state index in [-0.39, 0.29) is 42.8 Å². The van der Waals surface area contributed by atoms with Gasteiger partial charge in [0.25, 0.3) is 0 Å². The number of unbranched alkanes of at least 4 members (excludes halogenated alkanes) is 9. The van der Waals surface area contributed by atoms with Crippen LogP contribution in [0.2, 0.25) is 0 Å². The molecule has 0 fully saturated rings. The van der Waals surface area contributed by atoms with Gasteiger partial charge in [0.1, 0.15) is 0 Å². The van der Waals surface area contributed by atoms with Gasteiger partial charge >= 0.3 is 29.6 Å². The van der Waals surface area contributed by atoms with E-state index in [1.54, 1.807) is 11.6 Å². The van der Waals surface area contributed by atoms with Crippen LogP contribution in [0.3, 0.4) is 0 Å². The third kappa shape index (κ3) is 26.9. The molecular formula is C31H51NaO5S. The van der Waals surface area contributed by atoms with Crippen LogP contribution in [-0.2, 0) is 14.6 Å². The molecule has 1 unspecified atom stereocenters. The normalized spacial score (nSPS) is 14.9. The van der Waals surface area contributed by atoms with Gasteiger partial charge in [-0.05, 0) is 51.0 Å². The van der Waals surface area contributed by atoms with E-state index in [4.69, 9.17) is 5.11 Å².